The Bertz CT molecular complexity index is 3480. The molecule has 11 atom stereocenters. The Kier molecular flexibility index (Phi) is 32.1. The van der Waals surface area contributed by atoms with Crippen LogP contribution >= 0.6 is 35.3 Å². The van der Waals surface area contributed by atoms with E-state index in [2.05, 4.69) is 26.6 Å². The lowest BCUT2D eigenvalue weighted by atomic mass is 9.88. The first-order valence-corrected chi connectivity index (χ1v) is 36.0. The Balaban J connectivity index is 0.832. The second-order valence-electron chi connectivity index (χ2n) is 23.6. The third kappa shape index (κ3) is 23.5. The van der Waals surface area contributed by atoms with Gasteiger partial charge in [-0.1, -0.05) is 96.7 Å². The molecule has 542 valence electrons. The molecule has 0 unspecified atom stereocenters. The number of thioether (sulfide) groups is 3. The Hall–Kier alpha value is -7.49. The maximum Gasteiger partial charge on any atom is 0.366 e. The number of methoxy groups -OCH3 is 2. The number of benzene rings is 5. The lowest BCUT2D eigenvalue weighted by Crippen LogP contribution is -2.68. The van der Waals surface area contributed by atoms with E-state index in [1.807, 2.05) is 60.7 Å². The summed E-state index contributed by atoms with van der Waals surface area (Å²) in [6.07, 6.45) is -12.3. The number of aliphatic hydroxyl groups is 6. The van der Waals surface area contributed by atoms with Gasteiger partial charge in [-0.2, -0.15) is 23.5 Å². The summed E-state index contributed by atoms with van der Waals surface area (Å²) in [7, 11) is 2.20. The molecule has 2 fully saturated rings. The molecule has 2 aliphatic rings. The van der Waals surface area contributed by atoms with Crippen molar-refractivity contribution in [2.75, 3.05) is 89.0 Å². The second-order valence-corrected chi connectivity index (χ2v) is 27.4. The van der Waals surface area contributed by atoms with Crippen LogP contribution in [0.2, 0.25) is 0 Å². The van der Waals surface area contributed by atoms with Gasteiger partial charge in [0.25, 0.3) is 35.2 Å². The minimum absolute atomic E-state index is 0.0336. The van der Waals surface area contributed by atoms with Crippen LogP contribution in [0.5, 0.6) is 5.75 Å². The van der Waals surface area contributed by atoms with Crippen molar-refractivity contribution in [3.8, 4) is 28.0 Å². The van der Waals surface area contributed by atoms with Gasteiger partial charge < -0.3 is 90.4 Å². The van der Waals surface area contributed by atoms with Gasteiger partial charge in [0.2, 0.25) is 5.91 Å². The van der Waals surface area contributed by atoms with Crippen LogP contribution in [0.3, 0.4) is 0 Å². The smallest absolute Gasteiger partial charge is 0.366 e. The molecule has 2 saturated heterocycles. The van der Waals surface area contributed by atoms with Gasteiger partial charge in [0.1, 0.15) is 24.1 Å². The Labute approximate surface area is 593 Å². The predicted octanol–water partition coefficient (Wildman–Crippen LogP) is 4.05. The number of ether oxygens (including phenoxy) is 7. The summed E-state index contributed by atoms with van der Waals surface area (Å²) in [6.45, 7) is 2.22. The monoisotopic (exact) mass is 1440 g/mol. The highest BCUT2D eigenvalue weighted by molar-refractivity contribution is 8.13. The molecule has 0 radical (unpaired) electrons. The van der Waals surface area contributed by atoms with Crippen LogP contribution in [0.1, 0.15) is 93.8 Å². The molecule has 100 heavy (non-hydrogen) atoms. The van der Waals surface area contributed by atoms with Crippen LogP contribution in [0.25, 0.3) is 22.3 Å². The van der Waals surface area contributed by atoms with Crippen molar-refractivity contribution in [1.29, 1.82) is 0 Å². The fraction of sp³-hybridized carbons (Fsp3) is 0.465. The third-order valence-electron chi connectivity index (χ3n) is 16.2. The number of hydrogen-bond acceptors (Lipinski definition) is 24. The zero-order chi connectivity index (χ0) is 72.2. The number of rotatable bonds is 38. The van der Waals surface area contributed by atoms with Crippen LogP contribution in [-0.4, -0.2) is 233 Å². The molecule has 0 bridgehead atoms. The van der Waals surface area contributed by atoms with E-state index in [9.17, 15) is 69.0 Å². The van der Waals surface area contributed by atoms with Crippen molar-refractivity contribution in [2.45, 2.75) is 119 Å². The minimum Gasteiger partial charge on any atom is -0.493 e. The molecule has 0 aromatic heterocycles. The molecule has 5 aromatic rings. The normalized spacial score (nSPS) is 20.8. The Morgan fingerprint density at radius 3 is 1.52 bits per heavy atom. The molecule has 29 heteroatoms. The van der Waals surface area contributed by atoms with Crippen molar-refractivity contribution >= 4 is 81.9 Å². The summed E-state index contributed by atoms with van der Waals surface area (Å²) in [6, 6.07) is 35.9. The highest BCUT2D eigenvalue weighted by atomic mass is 32.2. The molecule has 5 amide bonds. The first kappa shape index (κ1) is 79.8. The molecule has 0 spiro atoms. The molecule has 2 heterocycles. The van der Waals surface area contributed by atoms with Crippen LogP contribution in [0, 0.1) is 0 Å². The SMILES string of the molecule is COC(=O)[C@@]1(OCCCSCCNC(=O)c2ccc(C(=O)NCCSCCCO[C@]3(C(=O)OC)C[C@H](O)C[C@H]([C@H](O)[C@H](O)CNC(=O)c4ccc(-c5ccccc5)cc4)O3)cc2OCCCSC(C)=O)C[C@H](O)[C@@H](NC(C)=O)[C@H]([C@H](O)[C@H](O)CNC(=O)c2ccc(-c3ccccc3)cc2)O1. The van der Waals surface area contributed by atoms with Gasteiger partial charge in [-0.25, -0.2) is 9.59 Å². The van der Waals surface area contributed by atoms with Gasteiger partial charge >= 0.3 is 11.9 Å². The van der Waals surface area contributed by atoms with Crippen LogP contribution in [0.4, 0.5) is 0 Å². The van der Waals surface area contributed by atoms with E-state index in [4.69, 9.17) is 33.2 Å². The zero-order valence-electron chi connectivity index (χ0n) is 56.1. The van der Waals surface area contributed by atoms with Gasteiger partial charge in [0.05, 0.1) is 76.2 Å². The Morgan fingerprint density at radius 2 is 1.01 bits per heavy atom. The van der Waals surface area contributed by atoms with Crippen molar-refractivity contribution in [3.63, 3.8) is 0 Å². The molecule has 11 N–H and O–H groups in total. The van der Waals surface area contributed by atoms with Crippen molar-refractivity contribution < 1.29 is 102 Å². The average Bonchev–Trinajstić information content (AvgIpc) is 0.775. The number of carbonyl (C=O) groups is 8. The van der Waals surface area contributed by atoms with E-state index in [1.165, 1.54) is 55.6 Å². The van der Waals surface area contributed by atoms with Gasteiger partial charge in [-0.05, 0) is 95.5 Å². The van der Waals surface area contributed by atoms with E-state index >= 15 is 0 Å². The van der Waals surface area contributed by atoms with Crippen molar-refractivity contribution in [3.05, 3.63) is 150 Å². The van der Waals surface area contributed by atoms with E-state index in [0.717, 1.165) is 48.2 Å². The molecule has 0 aliphatic carbocycles. The average molecular weight is 1440 g/mol. The quantitative estimate of drug-likeness (QED) is 0.0196. The maximum atomic E-state index is 13.6. The van der Waals surface area contributed by atoms with Gasteiger partial charge in [0.15, 0.2) is 5.12 Å². The number of hydrogen-bond donors (Lipinski definition) is 11. The summed E-state index contributed by atoms with van der Waals surface area (Å²) < 4.78 is 40.1. The van der Waals surface area contributed by atoms with Crippen molar-refractivity contribution in [1.82, 2.24) is 26.6 Å². The van der Waals surface area contributed by atoms with Gasteiger partial charge in [-0.15, -0.1) is 0 Å². The molecular formula is C71H89N5O21S3. The fourth-order valence-corrected chi connectivity index (χ4v) is 13.1. The largest absolute Gasteiger partial charge is 0.493 e. The second kappa shape index (κ2) is 40.2. The van der Waals surface area contributed by atoms with Crippen LogP contribution in [-0.2, 0) is 47.6 Å². The molecule has 26 nitrogen and oxygen atoms in total. The highest BCUT2D eigenvalue weighted by Gasteiger charge is 2.56. The summed E-state index contributed by atoms with van der Waals surface area (Å²) in [4.78, 5) is 104. The molecular weight excluding hydrogens is 1350 g/mol. The van der Waals surface area contributed by atoms with E-state index in [1.54, 1.807) is 48.5 Å². The number of esters is 2. The third-order valence-corrected chi connectivity index (χ3v) is 19.2. The molecule has 0 saturated carbocycles. The topological polar surface area (TPSA) is 383 Å². The lowest BCUT2D eigenvalue weighted by molar-refractivity contribution is -0.311. The first-order valence-electron chi connectivity index (χ1n) is 32.7. The maximum absolute atomic E-state index is 13.6. The Morgan fingerprint density at radius 1 is 0.540 bits per heavy atom. The molecule has 2 aliphatic heterocycles. The number of carbonyl (C=O) groups excluding carboxylic acids is 8. The van der Waals surface area contributed by atoms with Crippen molar-refractivity contribution in [2.24, 2.45) is 0 Å². The highest BCUT2D eigenvalue weighted by Crippen LogP contribution is 2.36. The molecule has 5 aromatic carbocycles. The number of aliphatic hydroxyl groups excluding tert-OH is 6. The molecule has 7 rings (SSSR count). The summed E-state index contributed by atoms with van der Waals surface area (Å²) in [5.74, 6) is -6.48. The number of nitrogens with one attached hydrogen (secondary N) is 5. The standard InChI is InChI=1S/C71H89N5O21S3/c1-44(77)76-60-55(80)41-71(69(90)92-4,97-63(60)62(84)57(82)43-75-65(86)51-24-20-49(21-25-51)47-16-9-6-10-17-47)95-32-13-34-99-37-29-73-67(88)54-27-26-52(38-58(54)93-30-11-35-100-45(2)78)66(87)72-28-36-98-33-12-31-94-70(68(89)91-3)40-53(79)39-59(96-70)61(83)56(81)42-74-64(85)50-22-18-48(19-23-50)46-14-7-5-8-15-46/h5-10,14-27,38,53,55-57,59-63,79-84H,11-13,28-37,39-43H2,1-4H3,(H,72,87)(H,73,88)(H,74,85)(H,75,86)(H,76,77)/t53-,55+,56-,57-,59-,60-,61-,62-,63-,70-,71-/m1/s1. The van der Waals surface area contributed by atoms with E-state index in [0.29, 0.717) is 53.6 Å². The summed E-state index contributed by atoms with van der Waals surface area (Å²) >= 11 is 4.04. The summed E-state index contributed by atoms with van der Waals surface area (Å²) in [5.41, 5.74) is 4.71. The predicted molar refractivity (Wildman–Crippen MR) is 375 cm³/mol. The van der Waals surface area contributed by atoms with Crippen LogP contribution in [0.15, 0.2) is 127 Å². The van der Waals surface area contributed by atoms with Gasteiger partial charge in [-0.3, -0.25) is 28.8 Å². The fourth-order valence-electron chi connectivity index (χ4n) is 11.0. The number of amides is 5. The van der Waals surface area contributed by atoms with Gasteiger partial charge in [0, 0.05) is 93.2 Å². The zero-order valence-corrected chi connectivity index (χ0v) is 58.5. The summed E-state index contributed by atoms with van der Waals surface area (Å²) in [5, 5.41) is 80.4. The first-order chi connectivity index (χ1) is 48.1. The minimum atomic E-state index is -2.28. The lowest BCUT2D eigenvalue weighted by Gasteiger charge is -2.47. The van der Waals surface area contributed by atoms with E-state index in [-0.39, 0.29) is 79.9 Å². The van der Waals surface area contributed by atoms with E-state index < -0.39 is 121 Å². The van der Waals surface area contributed by atoms with Crippen LogP contribution < -0.4 is 31.3 Å².